The minimum Gasteiger partial charge on any atom is -0.494 e. The van der Waals surface area contributed by atoms with Gasteiger partial charge < -0.3 is 9.64 Å². The summed E-state index contributed by atoms with van der Waals surface area (Å²) in [5.74, 6) is 1.25. The minimum atomic E-state index is 0.0871. The molecule has 0 unspecified atom stereocenters. The molecule has 3 aromatic rings. The van der Waals surface area contributed by atoms with E-state index in [1.807, 2.05) is 53.9 Å². The summed E-state index contributed by atoms with van der Waals surface area (Å²) in [6, 6.07) is 11.4. The van der Waals surface area contributed by atoms with Crippen LogP contribution in [0, 0.1) is 0 Å². The SMILES string of the molecule is CCOc1ccc(C(=O)N2CCC(c3nn(C)c4ncccc34)CC2)cc1. The maximum atomic E-state index is 12.8. The van der Waals surface area contributed by atoms with Crippen LogP contribution in [0.2, 0.25) is 0 Å². The molecule has 6 heteroatoms. The summed E-state index contributed by atoms with van der Waals surface area (Å²) in [5, 5.41) is 5.83. The third kappa shape index (κ3) is 3.39. The maximum absolute atomic E-state index is 12.8. The van der Waals surface area contributed by atoms with Crippen molar-refractivity contribution >= 4 is 16.9 Å². The molecule has 2 aromatic heterocycles. The zero-order valence-corrected chi connectivity index (χ0v) is 15.8. The van der Waals surface area contributed by atoms with Crippen molar-refractivity contribution in [1.29, 1.82) is 0 Å². The molecule has 0 saturated carbocycles. The Hall–Kier alpha value is -2.89. The van der Waals surface area contributed by atoms with Gasteiger partial charge in [-0.05, 0) is 56.2 Å². The van der Waals surface area contributed by atoms with Gasteiger partial charge in [0.2, 0.25) is 0 Å². The van der Waals surface area contributed by atoms with Crippen LogP contribution < -0.4 is 4.74 Å². The molecule has 3 heterocycles. The fraction of sp³-hybridized carbons (Fsp3) is 0.381. The highest BCUT2D eigenvalue weighted by Crippen LogP contribution is 2.32. The predicted molar refractivity (Wildman–Crippen MR) is 104 cm³/mol. The Morgan fingerprint density at radius 2 is 1.93 bits per heavy atom. The first-order chi connectivity index (χ1) is 13.2. The lowest BCUT2D eigenvalue weighted by atomic mass is 9.91. The number of ether oxygens (including phenoxy) is 1. The number of hydrogen-bond donors (Lipinski definition) is 0. The Balaban J connectivity index is 1.44. The van der Waals surface area contributed by atoms with E-state index in [1.165, 1.54) is 0 Å². The van der Waals surface area contributed by atoms with E-state index in [4.69, 9.17) is 9.84 Å². The van der Waals surface area contributed by atoms with E-state index < -0.39 is 0 Å². The lowest BCUT2D eigenvalue weighted by Crippen LogP contribution is -2.38. The summed E-state index contributed by atoms with van der Waals surface area (Å²) in [6.07, 6.45) is 3.64. The van der Waals surface area contributed by atoms with Gasteiger partial charge in [-0.15, -0.1) is 0 Å². The number of rotatable bonds is 4. The van der Waals surface area contributed by atoms with Crippen LogP contribution in [0.3, 0.4) is 0 Å². The summed E-state index contributed by atoms with van der Waals surface area (Å²) in [6.45, 7) is 4.06. The lowest BCUT2D eigenvalue weighted by Gasteiger charge is -2.31. The number of aromatic nitrogens is 3. The first-order valence-corrected chi connectivity index (χ1v) is 9.47. The van der Waals surface area contributed by atoms with Crippen molar-refractivity contribution in [3.8, 4) is 5.75 Å². The Morgan fingerprint density at radius 3 is 2.63 bits per heavy atom. The molecule has 1 aromatic carbocycles. The van der Waals surface area contributed by atoms with Crippen molar-refractivity contribution in [1.82, 2.24) is 19.7 Å². The molecule has 1 fully saturated rings. The Kier molecular flexibility index (Phi) is 4.79. The first-order valence-electron chi connectivity index (χ1n) is 9.47. The molecular weight excluding hydrogens is 340 g/mol. The van der Waals surface area contributed by atoms with E-state index in [0.29, 0.717) is 18.1 Å². The Labute approximate surface area is 158 Å². The van der Waals surface area contributed by atoms with Gasteiger partial charge in [0.05, 0.1) is 12.3 Å². The van der Waals surface area contributed by atoms with E-state index >= 15 is 0 Å². The molecular formula is C21H24N4O2. The fourth-order valence-electron chi connectivity index (χ4n) is 3.82. The van der Waals surface area contributed by atoms with Gasteiger partial charge in [-0.3, -0.25) is 9.48 Å². The first kappa shape index (κ1) is 17.5. The zero-order chi connectivity index (χ0) is 18.8. The van der Waals surface area contributed by atoms with Crippen LogP contribution in [0.5, 0.6) is 5.75 Å². The van der Waals surface area contributed by atoms with Crippen LogP contribution in [-0.4, -0.2) is 45.3 Å². The predicted octanol–water partition coefficient (Wildman–Crippen LogP) is 3.39. The van der Waals surface area contributed by atoms with Crippen LogP contribution >= 0.6 is 0 Å². The molecule has 0 spiro atoms. The molecule has 0 aliphatic carbocycles. The van der Waals surface area contributed by atoms with Gasteiger partial charge in [-0.25, -0.2) is 4.98 Å². The number of pyridine rings is 1. The average Bonchev–Trinajstić information content (AvgIpc) is 3.05. The number of benzene rings is 1. The minimum absolute atomic E-state index is 0.0871. The van der Waals surface area contributed by atoms with Crippen molar-refractivity contribution < 1.29 is 9.53 Å². The van der Waals surface area contributed by atoms with Crippen LogP contribution in [0.25, 0.3) is 11.0 Å². The molecule has 140 valence electrons. The van der Waals surface area contributed by atoms with Gasteiger partial charge in [0.25, 0.3) is 5.91 Å². The maximum Gasteiger partial charge on any atom is 0.253 e. The number of carbonyl (C=O) groups excluding carboxylic acids is 1. The van der Waals surface area contributed by atoms with Gasteiger partial charge in [0, 0.05) is 43.2 Å². The largest absolute Gasteiger partial charge is 0.494 e. The van der Waals surface area contributed by atoms with E-state index in [0.717, 1.165) is 48.4 Å². The highest BCUT2D eigenvalue weighted by Gasteiger charge is 2.27. The summed E-state index contributed by atoms with van der Waals surface area (Å²) < 4.78 is 7.30. The molecule has 1 saturated heterocycles. The number of fused-ring (bicyclic) bond motifs is 1. The van der Waals surface area contributed by atoms with Crippen molar-refractivity contribution in [3.05, 3.63) is 53.9 Å². The molecule has 1 aliphatic heterocycles. The van der Waals surface area contributed by atoms with Crippen LogP contribution in [0.1, 0.15) is 41.7 Å². The normalized spacial score (nSPS) is 15.3. The summed E-state index contributed by atoms with van der Waals surface area (Å²) >= 11 is 0. The Bertz CT molecular complexity index is 940. The number of amides is 1. The second-order valence-corrected chi connectivity index (χ2v) is 6.91. The molecule has 4 rings (SSSR count). The van der Waals surface area contributed by atoms with Gasteiger partial charge in [0.1, 0.15) is 5.75 Å². The summed E-state index contributed by atoms with van der Waals surface area (Å²) in [7, 11) is 1.93. The smallest absolute Gasteiger partial charge is 0.253 e. The standard InChI is InChI=1S/C21H24N4O2/c1-3-27-17-8-6-16(7-9-17)21(26)25-13-10-15(11-14-25)19-18-5-4-12-22-20(18)24(2)23-19/h4-9,12,15H,3,10-11,13-14H2,1-2H3. The average molecular weight is 364 g/mol. The van der Waals surface area contributed by atoms with Gasteiger partial charge >= 0.3 is 0 Å². The van der Waals surface area contributed by atoms with Crippen molar-refractivity contribution in [2.24, 2.45) is 7.05 Å². The summed E-state index contributed by atoms with van der Waals surface area (Å²) in [5.41, 5.74) is 2.73. The Morgan fingerprint density at radius 1 is 1.19 bits per heavy atom. The van der Waals surface area contributed by atoms with Crippen molar-refractivity contribution in [2.45, 2.75) is 25.7 Å². The highest BCUT2D eigenvalue weighted by atomic mass is 16.5. The monoisotopic (exact) mass is 364 g/mol. The number of hydrogen-bond acceptors (Lipinski definition) is 4. The number of carbonyl (C=O) groups is 1. The highest BCUT2D eigenvalue weighted by molar-refractivity contribution is 5.94. The van der Waals surface area contributed by atoms with Gasteiger partial charge in [-0.2, -0.15) is 5.10 Å². The van der Waals surface area contributed by atoms with E-state index in [9.17, 15) is 4.79 Å². The van der Waals surface area contributed by atoms with Crippen LogP contribution in [0.4, 0.5) is 0 Å². The molecule has 0 radical (unpaired) electrons. The topological polar surface area (TPSA) is 60.2 Å². The third-order valence-corrected chi connectivity index (χ3v) is 5.21. The van der Waals surface area contributed by atoms with Crippen LogP contribution in [-0.2, 0) is 7.05 Å². The number of aryl methyl sites for hydroxylation is 1. The molecule has 6 nitrogen and oxygen atoms in total. The van der Waals surface area contributed by atoms with E-state index in [1.54, 1.807) is 6.20 Å². The van der Waals surface area contributed by atoms with Crippen LogP contribution in [0.15, 0.2) is 42.6 Å². The summed E-state index contributed by atoms with van der Waals surface area (Å²) in [4.78, 5) is 19.1. The van der Waals surface area contributed by atoms with Gasteiger partial charge in [0.15, 0.2) is 5.65 Å². The van der Waals surface area contributed by atoms with Crippen molar-refractivity contribution in [3.63, 3.8) is 0 Å². The second-order valence-electron chi connectivity index (χ2n) is 6.91. The fourth-order valence-corrected chi connectivity index (χ4v) is 3.82. The molecule has 0 bridgehead atoms. The number of piperidine rings is 1. The quantitative estimate of drug-likeness (QED) is 0.712. The second kappa shape index (κ2) is 7.39. The van der Waals surface area contributed by atoms with Crippen molar-refractivity contribution in [2.75, 3.05) is 19.7 Å². The molecule has 0 N–H and O–H groups in total. The van der Waals surface area contributed by atoms with E-state index in [-0.39, 0.29) is 5.91 Å². The molecule has 0 atom stereocenters. The number of likely N-dealkylation sites (tertiary alicyclic amines) is 1. The molecule has 1 aliphatic rings. The molecule has 1 amide bonds. The molecule has 27 heavy (non-hydrogen) atoms. The zero-order valence-electron chi connectivity index (χ0n) is 15.8. The third-order valence-electron chi connectivity index (χ3n) is 5.21. The van der Waals surface area contributed by atoms with E-state index in [2.05, 4.69) is 11.1 Å². The lowest BCUT2D eigenvalue weighted by molar-refractivity contribution is 0.0712. The van der Waals surface area contributed by atoms with Gasteiger partial charge in [-0.1, -0.05) is 0 Å². The number of nitrogens with zero attached hydrogens (tertiary/aromatic N) is 4.